The van der Waals surface area contributed by atoms with E-state index in [9.17, 15) is 9.59 Å². The number of nitrogens with zero attached hydrogens (tertiary/aromatic N) is 2. The Morgan fingerprint density at radius 2 is 2.28 bits per heavy atom. The SMILES string of the molecule is Cc1ccnc(N(CCCC(=O)O)C(=O)OI)c1. The lowest BCUT2D eigenvalue weighted by Crippen LogP contribution is -2.31. The molecule has 1 N–H and O–H groups in total. The lowest BCUT2D eigenvalue weighted by Gasteiger charge is -2.19. The first-order valence-corrected chi connectivity index (χ1v) is 6.17. The minimum absolute atomic E-state index is 0.00313. The Kier molecular flexibility index (Phi) is 5.83. The number of carbonyl (C=O) groups excluding carboxylic acids is 1. The van der Waals surface area contributed by atoms with Gasteiger partial charge in [-0.05, 0) is 31.0 Å². The van der Waals surface area contributed by atoms with Gasteiger partial charge in [0.25, 0.3) is 0 Å². The van der Waals surface area contributed by atoms with E-state index < -0.39 is 12.1 Å². The molecule has 0 radical (unpaired) electrons. The smallest absolute Gasteiger partial charge is 0.425 e. The van der Waals surface area contributed by atoms with E-state index in [0.29, 0.717) is 12.2 Å². The number of pyridine rings is 1. The molecule has 0 saturated carbocycles. The standard InChI is InChI=1S/C11H13IN2O4/c1-8-4-5-13-9(7-8)14(11(17)18-12)6-2-3-10(15)16/h4-5,7H,2-3,6H2,1H3,(H,15,16). The first-order valence-electron chi connectivity index (χ1n) is 5.29. The summed E-state index contributed by atoms with van der Waals surface area (Å²) in [6.07, 6.45) is 1.38. The Bertz CT molecular complexity index is 439. The number of carboxylic acids is 1. The van der Waals surface area contributed by atoms with Crippen LogP contribution in [0.5, 0.6) is 0 Å². The molecule has 0 unspecified atom stereocenters. The van der Waals surface area contributed by atoms with E-state index in [1.54, 1.807) is 12.3 Å². The van der Waals surface area contributed by atoms with Crippen molar-refractivity contribution in [2.45, 2.75) is 19.8 Å². The van der Waals surface area contributed by atoms with Crippen molar-refractivity contribution in [1.29, 1.82) is 0 Å². The maximum atomic E-state index is 11.6. The molecule has 0 aliphatic rings. The molecule has 0 saturated heterocycles. The molecule has 1 amide bonds. The van der Waals surface area contributed by atoms with Crippen LogP contribution in [0.3, 0.4) is 0 Å². The van der Waals surface area contributed by atoms with Crippen LogP contribution in [-0.2, 0) is 7.86 Å². The van der Waals surface area contributed by atoms with Crippen molar-refractivity contribution in [2.24, 2.45) is 0 Å². The lowest BCUT2D eigenvalue weighted by molar-refractivity contribution is -0.137. The fourth-order valence-corrected chi connectivity index (χ4v) is 1.63. The zero-order valence-corrected chi connectivity index (χ0v) is 12.0. The Hall–Kier alpha value is -1.38. The van der Waals surface area contributed by atoms with E-state index in [2.05, 4.69) is 8.05 Å². The van der Waals surface area contributed by atoms with E-state index in [-0.39, 0.29) is 13.0 Å². The third-order valence-corrected chi connectivity index (χ3v) is 2.61. The number of amides is 1. The summed E-state index contributed by atoms with van der Waals surface area (Å²) in [5.74, 6) is -0.433. The summed E-state index contributed by atoms with van der Waals surface area (Å²) >= 11 is 1.49. The highest BCUT2D eigenvalue weighted by Crippen LogP contribution is 2.15. The Balaban J connectivity index is 2.78. The van der Waals surface area contributed by atoms with Crippen LogP contribution >= 0.6 is 23.0 Å². The second kappa shape index (κ2) is 7.14. The summed E-state index contributed by atoms with van der Waals surface area (Å²) < 4.78 is 4.63. The van der Waals surface area contributed by atoms with Gasteiger partial charge in [0.15, 0.2) is 23.0 Å². The normalized spacial score (nSPS) is 9.89. The van der Waals surface area contributed by atoms with Gasteiger partial charge in [0.05, 0.1) is 0 Å². The highest BCUT2D eigenvalue weighted by atomic mass is 127. The fraction of sp³-hybridized carbons (Fsp3) is 0.364. The van der Waals surface area contributed by atoms with E-state index in [0.717, 1.165) is 5.56 Å². The average molecular weight is 364 g/mol. The number of aliphatic carboxylic acids is 1. The molecule has 0 atom stereocenters. The summed E-state index contributed by atoms with van der Waals surface area (Å²) in [5, 5.41) is 8.59. The number of halogens is 1. The maximum Gasteiger partial charge on any atom is 0.425 e. The van der Waals surface area contributed by atoms with E-state index in [1.807, 2.05) is 13.0 Å². The predicted molar refractivity (Wildman–Crippen MR) is 73.7 cm³/mol. The molecule has 0 fully saturated rings. The fourth-order valence-electron chi connectivity index (χ4n) is 1.40. The van der Waals surface area contributed by atoms with Crippen LogP contribution in [0.2, 0.25) is 0 Å². The Morgan fingerprint density at radius 1 is 1.56 bits per heavy atom. The molecular formula is C11H13IN2O4. The molecule has 0 aliphatic heterocycles. The monoisotopic (exact) mass is 364 g/mol. The number of aromatic nitrogens is 1. The molecule has 0 spiro atoms. The number of carboxylic acid groups (broad SMARTS) is 1. The summed E-state index contributed by atoms with van der Waals surface area (Å²) in [4.78, 5) is 27.5. The quantitative estimate of drug-likeness (QED) is 0.813. The van der Waals surface area contributed by atoms with Crippen LogP contribution in [0, 0.1) is 6.92 Å². The average Bonchev–Trinajstić information content (AvgIpc) is 2.33. The second-order valence-electron chi connectivity index (χ2n) is 3.68. The first kappa shape index (κ1) is 14.7. The first-order chi connectivity index (χ1) is 8.54. The summed E-state index contributed by atoms with van der Waals surface area (Å²) in [6, 6.07) is 3.56. The Morgan fingerprint density at radius 3 is 2.83 bits per heavy atom. The predicted octanol–water partition coefficient (Wildman–Crippen LogP) is 2.55. The van der Waals surface area contributed by atoms with Gasteiger partial charge in [0.1, 0.15) is 5.82 Å². The lowest BCUT2D eigenvalue weighted by atomic mass is 10.2. The minimum atomic E-state index is -0.894. The molecule has 0 aliphatic carbocycles. The summed E-state index contributed by atoms with van der Waals surface area (Å²) in [5.41, 5.74) is 0.962. The second-order valence-corrected chi connectivity index (χ2v) is 4.12. The molecule has 1 aromatic heterocycles. The topological polar surface area (TPSA) is 79.7 Å². The number of anilines is 1. The van der Waals surface area contributed by atoms with Crippen LogP contribution in [-0.4, -0.2) is 28.7 Å². The van der Waals surface area contributed by atoms with Crippen LogP contribution in [0.1, 0.15) is 18.4 Å². The number of rotatable bonds is 5. The zero-order chi connectivity index (χ0) is 13.5. The van der Waals surface area contributed by atoms with Crippen molar-refractivity contribution >= 4 is 40.9 Å². The van der Waals surface area contributed by atoms with Gasteiger partial charge in [-0.2, -0.15) is 0 Å². The van der Waals surface area contributed by atoms with Gasteiger partial charge in [-0.25, -0.2) is 9.78 Å². The molecule has 7 heteroatoms. The molecule has 1 aromatic rings. The summed E-state index contributed by atoms with van der Waals surface area (Å²) in [7, 11) is 0. The number of carbonyl (C=O) groups is 2. The zero-order valence-electron chi connectivity index (χ0n) is 9.80. The Labute approximate surface area is 119 Å². The summed E-state index contributed by atoms with van der Waals surface area (Å²) in [6.45, 7) is 2.14. The highest BCUT2D eigenvalue weighted by molar-refractivity contribution is 14.1. The maximum absolute atomic E-state index is 11.6. The van der Waals surface area contributed by atoms with Crippen molar-refractivity contribution < 1.29 is 17.8 Å². The number of aryl methyl sites for hydroxylation is 1. The van der Waals surface area contributed by atoms with Gasteiger partial charge >= 0.3 is 12.1 Å². The van der Waals surface area contributed by atoms with E-state index >= 15 is 0 Å². The van der Waals surface area contributed by atoms with Crippen LogP contribution in [0.15, 0.2) is 18.3 Å². The minimum Gasteiger partial charge on any atom is -0.481 e. The molecule has 98 valence electrons. The van der Waals surface area contributed by atoms with Gasteiger partial charge in [-0.3, -0.25) is 9.69 Å². The van der Waals surface area contributed by atoms with Crippen LogP contribution in [0.25, 0.3) is 0 Å². The molecule has 1 rings (SSSR count). The largest absolute Gasteiger partial charge is 0.481 e. The van der Waals surface area contributed by atoms with Gasteiger partial charge in [-0.15, -0.1) is 0 Å². The molecular weight excluding hydrogens is 351 g/mol. The van der Waals surface area contributed by atoms with Crippen molar-refractivity contribution in [1.82, 2.24) is 4.98 Å². The molecule has 0 bridgehead atoms. The molecule has 6 nitrogen and oxygen atoms in total. The van der Waals surface area contributed by atoms with E-state index in [4.69, 9.17) is 5.11 Å². The number of hydrogen-bond donors (Lipinski definition) is 1. The molecule has 1 heterocycles. The van der Waals surface area contributed by atoms with Crippen LogP contribution in [0.4, 0.5) is 10.6 Å². The van der Waals surface area contributed by atoms with E-state index in [1.165, 1.54) is 27.9 Å². The van der Waals surface area contributed by atoms with Gasteiger partial charge in [-0.1, -0.05) is 0 Å². The van der Waals surface area contributed by atoms with Gasteiger partial charge in [0.2, 0.25) is 0 Å². The van der Waals surface area contributed by atoms with Crippen molar-refractivity contribution in [3.63, 3.8) is 0 Å². The highest BCUT2D eigenvalue weighted by Gasteiger charge is 2.18. The third kappa shape index (κ3) is 4.47. The number of hydrogen-bond acceptors (Lipinski definition) is 4. The third-order valence-electron chi connectivity index (χ3n) is 2.24. The van der Waals surface area contributed by atoms with Gasteiger partial charge < -0.3 is 8.17 Å². The van der Waals surface area contributed by atoms with Crippen molar-refractivity contribution in [2.75, 3.05) is 11.4 Å². The van der Waals surface area contributed by atoms with Gasteiger partial charge in [0, 0.05) is 19.2 Å². The molecule has 0 aromatic carbocycles. The van der Waals surface area contributed by atoms with Crippen molar-refractivity contribution in [3.8, 4) is 0 Å². The van der Waals surface area contributed by atoms with Crippen molar-refractivity contribution in [3.05, 3.63) is 23.9 Å². The van der Waals surface area contributed by atoms with Crippen LogP contribution < -0.4 is 4.90 Å². The molecule has 18 heavy (non-hydrogen) atoms.